The van der Waals surface area contributed by atoms with Crippen LogP contribution >= 0.6 is 0 Å². The highest BCUT2D eigenvalue weighted by Gasteiger charge is 2.24. The third-order valence-corrected chi connectivity index (χ3v) is 5.24. The molecule has 27 heavy (non-hydrogen) atoms. The van der Waals surface area contributed by atoms with Gasteiger partial charge in [0.25, 0.3) is 5.56 Å². The van der Waals surface area contributed by atoms with Gasteiger partial charge in [-0.3, -0.25) is 18.8 Å². The van der Waals surface area contributed by atoms with Crippen molar-refractivity contribution in [1.29, 1.82) is 0 Å². The SMILES string of the molecule is Cn1ncc2c(=O)n(CC(=O)N3CCC(c4ccc(O)cc4)CC3)cnc21. The van der Waals surface area contributed by atoms with E-state index in [0.29, 0.717) is 30.0 Å². The number of phenolic OH excluding ortho intramolecular Hbond substituents is 1. The summed E-state index contributed by atoms with van der Waals surface area (Å²) < 4.78 is 2.88. The molecule has 1 amide bonds. The molecule has 8 heteroatoms. The summed E-state index contributed by atoms with van der Waals surface area (Å²) in [5, 5.41) is 13.9. The maximum atomic E-state index is 12.6. The van der Waals surface area contributed by atoms with Crippen LogP contribution in [0.4, 0.5) is 0 Å². The number of carbonyl (C=O) groups is 1. The molecule has 3 heterocycles. The fraction of sp³-hybridized carbons (Fsp3) is 0.368. The van der Waals surface area contributed by atoms with Crippen molar-refractivity contribution in [3.63, 3.8) is 0 Å². The number of aromatic nitrogens is 4. The molecule has 1 N–H and O–H groups in total. The van der Waals surface area contributed by atoms with E-state index >= 15 is 0 Å². The number of aryl methyl sites for hydroxylation is 1. The number of benzene rings is 1. The lowest BCUT2D eigenvalue weighted by Gasteiger charge is -2.32. The van der Waals surface area contributed by atoms with Gasteiger partial charge in [0.05, 0.1) is 6.20 Å². The van der Waals surface area contributed by atoms with Gasteiger partial charge in [0, 0.05) is 20.1 Å². The molecule has 4 rings (SSSR count). The van der Waals surface area contributed by atoms with E-state index in [-0.39, 0.29) is 23.8 Å². The van der Waals surface area contributed by atoms with Crippen molar-refractivity contribution >= 4 is 16.9 Å². The first-order valence-corrected chi connectivity index (χ1v) is 8.97. The van der Waals surface area contributed by atoms with Crippen LogP contribution in [0.15, 0.2) is 41.6 Å². The van der Waals surface area contributed by atoms with Crippen molar-refractivity contribution in [1.82, 2.24) is 24.2 Å². The zero-order valence-corrected chi connectivity index (χ0v) is 15.1. The Balaban J connectivity index is 1.42. The number of fused-ring (bicyclic) bond motifs is 1. The molecule has 0 saturated carbocycles. The molecule has 0 spiro atoms. The number of rotatable bonds is 3. The van der Waals surface area contributed by atoms with Gasteiger partial charge < -0.3 is 10.0 Å². The van der Waals surface area contributed by atoms with E-state index < -0.39 is 0 Å². The first-order chi connectivity index (χ1) is 13.0. The Labute approximate surface area is 155 Å². The molecule has 2 aromatic heterocycles. The predicted molar refractivity (Wildman–Crippen MR) is 99.4 cm³/mol. The molecular weight excluding hydrogens is 346 g/mol. The van der Waals surface area contributed by atoms with Crippen LogP contribution in [0, 0.1) is 0 Å². The standard InChI is InChI=1S/C19H21N5O3/c1-22-18-16(10-21-22)19(27)24(12-20-18)11-17(26)23-8-6-14(7-9-23)13-2-4-15(25)5-3-13/h2-5,10,12,14,25H,6-9,11H2,1H3. The van der Waals surface area contributed by atoms with Gasteiger partial charge >= 0.3 is 0 Å². The topological polar surface area (TPSA) is 93.2 Å². The van der Waals surface area contributed by atoms with E-state index in [2.05, 4.69) is 10.1 Å². The summed E-state index contributed by atoms with van der Waals surface area (Å²) in [7, 11) is 1.72. The van der Waals surface area contributed by atoms with Crippen molar-refractivity contribution in [2.45, 2.75) is 25.3 Å². The molecule has 8 nitrogen and oxygen atoms in total. The molecule has 1 aliphatic heterocycles. The van der Waals surface area contributed by atoms with Gasteiger partial charge in [-0.2, -0.15) is 5.10 Å². The fourth-order valence-electron chi connectivity index (χ4n) is 3.63. The second-order valence-corrected chi connectivity index (χ2v) is 6.93. The first kappa shape index (κ1) is 17.3. The first-order valence-electron chi connectivity index (χ1n) is 8.97. The Morgan fingerprint density at radius 1 is 1.22 bits per heavy atom. The van der Waals surface area contributed by atoms with Gasteiger partial charge in [0.1, 0.15) is 24.0 Å². The van der Waals surface area contributed by atoms with Crippen molar-refractivity contribution in [3.8, 4) is 5.75 Å². The quantitative estimate of drug-likeness (QED) is 0.752. The molecular formula is C19H21N5O3. The molecule has 140 valence electrons. The zero-order chi connectivity index (χ0) is 19.0. The van der Waals surface area contributed by atoms with Crippen LogP contribution in [0.3, 0.4) is 0 Å². The van der Waals surface area contributed by atoms with Gasteiger partial charge in [0.2, 0.25) is 5.91 Å². The largest absolute Gasteiger partial charge is 0.508 e. The van der Waals surface area contributed by atoms with Crippen LogP contribution in [0.25, 0.3) is 11.0 Å². The molecule has 1 aliphatic rings. The van der Waals surface area contributed by atoms with Crippen LogP contribution in [0.5, 0.6) is 5.75 Å². The monoisotopic (exact) mass is 367 g/mol. The molecule has 1 saturated heterocycles. The highest BCUT2D eigenvalue weighted by molar-refractivity contribution is 5.77. The number of amides is 1. The third-order valence-electron chi connectivity index (χ3n) is 5.24. The minimum Gasteiger partial charge on any atom is -0.508 e. The minimum absolute atomic E-state index is 0.0133. The Morgan fingerprint density at radius 2 is 1.93 bits per heavy atom. The Hall–Kier alpha value is -3.16. The number of hydrogen-bond donors (Lipinski definition) is 1. The van der Waals surface area contributed by atoms with E-state index in [9.17, 15) is 14.7 Å². The number of aromatic hydroxyl groups is 1. The molecule has 3 aromatic rings. The summed E-state index contributed by atoms with van der Waals surface area (Å²) >= 11 is 0. The van der Waals surface area contributed by atoms with Gasteiger partial charge in [-0.1, -0.05) is 12.1 Å². The predicted octanol–water partition coefficient (Wildman–Crippen LogP) is 1.24. The maximum Gasteiger partial charge on any atom is 0.264 e. The number of likely N-dealkylation sites (tertiary alicyclic amines) is 1. The van der Waals surface area contributed by atoms with Crippen molar-refractivity contribution in [2.24, 2.45) is 7.05 Å². The van der Waals surface area contributed by atoms with Crippen LogP contribution in [-0.2, 0) is 18.4 Å². The number of nitrogens with zero attached hydrogens (tertiary/aromatic N) is 5. The normalized spacial score (nSPS) is 15.4. The summed E-state index contributed by atoms with van der Waals surface area (Å²) in [6.07, 6.45) is 4.62. The number of carbonyl (C=O) groups excluding carboxylic acids is 1. The zero-order valence-electron chi connectivity index (χ0n) is 15.1. The van der Waals surface area contributed by atoms with Crippen molar-refractivity contribution < 1.29 is 9.90 Å². The summed E-state index contributed by atoms with van der Waals surface area (Å²) in [6, 6.07) is 7.26. The fourth-order valence-corrected chi connectivity index (χ4v) is 3.63. The average Bonchev–Trinajstić information content (AvgIpc) is 3.06. The second-order valence-electron chi connectivity index (χ2n) is 6.93. The van der Waals surface area contributed by atoms with Gasteiger partial charge in [0.15, 0.2) is 5.65 Å². The third kappa shape index (κ3) is 3.30. The highest BCUT2D eigenvalue weighted by Crippen LogP contribution is 2.29. The van der Waals surface area contributed by atoms with E-state index in [1.807, 2.05) is 12.1 Å². The molecule has 1 aromatic carbocycles. The summed E-state index contributed by atoms with van der Waals surface area (Å²) in [5.41, 5.74) is 1.45. The summed E-state index contributed by atoms with van der Waals surface area (Å²) in [6.45, 7) is 1.30. The van der Waals surface area contributed by atoms with Crippen LogP contribution < -0.4 is 5.56 Å². The number of piperidine rings is 1. The Bertz CT molecular complexity index is 1030. The Morgan fingerprint density at radius 3 is 2.63 bits per heavy atom. The number of phenols is 1. The Kier molecular flexibility index (Phi) is 4.39. The van der Waals surface area contributed by atoms with Gasteiger partial charge in [-0.05, 0) is 36.5 Å². The van der Waals surface area contributed by atoms with Crippen LogP contribution in [0.1, 0.15) is 24.3 Å². The highest BCUT2D eigenvalue weighted by atomic mass is 16.3. The van der Waals surface area contributed by atoms with E-state index in [4.69, 9.17) is 0 Å². The minimum atomic E-state index is -0.250. The summed E-state index contributed by atoms with van der Waals surface area (Å²) in [4.78, 5) is 31.2. The maximum absolute atomic E-state index is 12.6. The van der Waals surface area contributed by atoms with Gasteiger partial charge in [-0.15, -0.1) is 0 Å². The molecule has 0 aliphatic carbocycles. The number of hydrogen-bond acceptors (Lipinski definition) is 5. The lowest BCUT2D eigenvalue weighted by atomic mass is 9.89. The van der Waals surface area contributed by atoms with E-state index in [1.165, 1.54) is 27.3 Å². The molecule has 0 bridgehead atoms. The second kappa shape index (κ2) is 6.86. The average molecular weight is 367 g/mol. The van der Waals surface area contributed by atoms with Crippen LogP contribution in [0.2, 0.25) is 0 Å². The molecule has 0 unspecified atom stereocenters. The lowest BCUT2D eigenvalue weighted by Crippen LogP contribution is -2.41. The van der Waals surface area contributed by atoms with Crippen molar-refractivity contribution in [3.05, 3.63) is 52.7 Å². The van der Waals surface area contributed by atoms with Gasteiger partial charge in [-0.25, -0.2) is 4.98 Å². The molecule has 0 atom stereocenters. The van der Waals surface area contributed by atoms with Crippen molar-refractivity contribution in [2.75, 3.05) is 13.1 Å². The molecule has 0 radical (unpaired) electrons. The van der Waals surface area contributed by atoms with Crippen LogP contribution in [-0.4, -0.2) is 48.3 Å². The smallest absolute Gasteiger partial charge is 0.264 e. The van der Waals surface area contributed by atoms with E-state index in [1.54, 1.807) is 24.1 Å². The molecule has 1 fully saturated rings. The summed E-state index contributed by atoms with van der Waals surface area (Å²) in [5.74, 6) is 0.563. The van der Waals surface area contributed by atoms with E-state index in [0.717, 1.165) is 12.8 Å². The lowest BCUT2D eigenvalue weighted by molar-refractivity contribution is -0.132.